The van der Waals surface area contributed by atoms with E-state index >= 15 is 0 Å². The standard InChI is InChI=1S/C14H17ClN2S/c1-3-12-8-17-14(18-12)9-16-7-11-5-4-10(2)13(15)6-11/h4-6,8,16H,3,7,9H2,1-2H3. The minimum absolute atomic E-state index is 0.816. The van der Waals surface area contributed by atoms with Crippen LogP contribution in [0.25, 0.3) is 0 Å². The normalized spacial score (nSPS) is 10.8. The Kier molecular flexibility index (Phi) is 4.75. The van der Waals surface area contributed by atoms with Crippen LogP contribution in [0.2, 0.25) is 5.02 Å². The number of aryl methyl sites for hydroxylation is 2. The SMILES string of the molecule is CCc1cnc(CNCc2ccc(C)c(Cl)c2)s1. The van der Waals surface area contributed by atoms with Crippen molar-refractivity contribution >= 4 is 22.9 Å². The fourth-order valence-electron chi connectivity index (χ4n) is 1.65. The lowest BCUT2D eigenvalue weighted by Gasteiger charge is -2.05. The van der Waals surface area contributed by atoms with Gasteiger partial charge in [-0.25, -0.2) is 4.98 Å². The minimum atomic E-state index is 0.816. The summed E-state index contributed by atoms with van der Waals surface area (Å²) in [5.41, 5.74) is 2.32. The summed E-state index contributed by atoms with van der Waals surface area (Å²) in [6.45, 7) is 5.80. The zero-order valence-electron chi connectivity index (χ0n) is 10.7. The first-order valence-electron chi connectivity index (χ1n) is 6.08. The number of halogens is 1. The van der Waals surface area contributed by atoms with E-state index in [0.29, 0.717) is 0 Å². The molecule has 0 aliphatic rings. The highest BCUT2D eigenvalue weighted by atomic mass is 35.5. The molecule has 0 radical (unpaired) electrons. The monoisotopic (exact) mass is 280 g/mol. The fourth-order valence-corrected chi connectivity index (χ4v) is 2.69. The molecule has 2 nitrogen and oxygen atoms in total. The molecule has 18 heavy (non-hydrogen) atoms. The Morgan fingerprint density at radius 2 is 2.17 bits per heavy atom. The largest absolute Gasteiger partial charge is 0.306 e. The average molecular weight is 281 g/mol. The van der Waals surface area contributed by atoms with Gasteiger partial charge in [0, 0.05) is 29.2 Å². The number of nitrogens with one attached hydrogen (secondary N) is 1. The summed E-state index contributed by atoms with van der Waals surface area (Å²) in [6.07, 6.45) is 3.02. The van der Waals surface area contributed by atoms with Gasteiger partial charge >= 0.3 is 0 Å². The van der Waals surface area contributed by atoms with Gasteiger partial charge in [0.05, 0.1) is 0 Å². The summed E-state index contributed by atoms with van der Waals surface area (Å²) in [6, 6.07) is 6.18. The molecule has 96 valence electrons. The van der Waals surface area contributed by atoms with Crippen LogP contribution in [0.15, 0.2) is 24.4 Å². The van der Waals surface area contributed by atoms with Crippen molar-refractivity contribution in [2.75, 3.05) is 0 Å². The molecule has 2 aromatic rings. The quantitative estimate of drug-likeness (QED) is 0.897. The Morgan fingerprint density at radius 3 is 2.83 bits per heavy atom. The first-order chi connectivity index (χ1) is 8.69. The average Bonchev–Trinajstić information content (AvgIpc) is 2.82. The van der Waals surface area contributed by atoms with Crippen LogP contribution in [0, 0.1) is 6.92 Å². The lowest BCUT2D eigenvalue weighted by atomic mass is 10.1. The molecule has 0 bridgehead atoms. The van der Waals surface area contributed by atoms with Crippen LogP contribution in [0.4, 0.5) is 0 Å². The van der Waals surface area contributed by atoms with Crippen LogP contribution in [0.5, 0.6) is 0 Å². The van der Waals surface area contributed by atoms with Gasteiger partial charge in [0.1, 0.15) is 5.01 Å². The highest BCUT2D eigenvalue weighted by Crippen LogP contribution is 2.17. The van der Waals surface area contributed by atoms with Crippen molar-refractivity contribution in [3.8, 4) is 0 Å². The third-order valence-electron chi connectivity index (χ3n) is 2.79. The third kappa shape index (κ3) is 3.55. The van der Waals surface area contributed by atoms with Crippen molar-refractivity contribution in [3.63, 3.8) is 0 Å². The van der Waals surface area contributed by atoms with Gasteiger partial charge < -0.3 is 5.32 Å². The van der Waals surface area contributed by atoms with Crippen molar-refractivity contribution in [2.45, 2.75) is 33.4 Å². The second-order valence-electron chi connectivity index (χ2n) is 4.26. The molecule has 0 saturated carbocycles. The van der Waals surface area contributed by atoms with E-state index < -0.39 is 0 Å². The summed E-state index contributed by atoms with van der Waals surface area (Å²) < 4.78 is 0. The molecule has 4 heteroatoms. The molecule has 1 aromatic carbocycles. The van der Waals surface area contributed by atoms with E-state index in [9.17, 15) is 0 Å². The molecule has 0 atom stereocenters. The van der Waals surface area contributed by atoms with Gasteiger partial charge in [-0.1, -0.05) is 30.7 Å². The molecule has 2 rings (SSSR count). The van der Waals surface area contributed by atoms with Gasteiger partial charge in [-0.05, 0) is 30.5 Å². The summed E-state index contributed by atoms with van der Waals surface area (Å²) >= 11 is 7.87. The van der Waals surface area contributed by atoms with Crippen molar-refractivity contribution in [1.29, 1.82) is 0 Å². The Labute approximate surface area is 117 Å². The number of nitrogens with zero attached hydrogens (tertiary/aromatic N) is 1. The predicted molar refractivity (Wildman–Crippen MR) is 78.2 cm³/mol. The Bertz CT molecular complexity index is 522. The Balaban J connectivity index is 1.86. The van der Waals surface area contributed by atoms with Gasteiger partial charge in [-0.3, -0.25) is 0 Å². The second-order valence-corrected chi connectivity index (χ2v) is 5.87. The number of aromatic nitrogens is 1. The van der Waals surface area contributed by atoms with E-state index in [0.717, 1.165) is 35.1 Å². The maximum absolute atomic E-state index is 6.09. The Morgan fingerprint density at radius 1 is 1.33 bits per heavy atom. The van der Waals surface area contributed by atoms with E-state index in [4.69, 9.17) is 11.6 Å². The van der Waals surface area contributed by atoms with E-state index in [1.807, 2.05) is 19.2 Å². The number of thiazole rings is 1. The topological polar surface area (TPSA) is 24.9 Å². The summed E-state index contributed by atoms with van der Waals surface area (Å²) in [5, 5.41) is 5.37. The highest BCUT2D eigenvalue weighted by molar-refractivity contribution is 7.11. The molecular weight excluding hydrogens is 264 g/mol. The van der Waals surface area contributed by atoms with Crippen LogP contribution >= 0.6 is 22.9 Å². The van der Waals surface area contributed by atoms with Gasteiger partial charge in [0.2, 0.25) is 0 Å². The molecule has 0 aliphatic carbocycles. The molecule has 0 unspecified atom stereocenters. The molecule has 0 aliphatic heterocycles. The van der Waals surface area contributed by atoms with E-state index in [-0.39, 0.29) is 0 Å². The predicted octanol–water partition coefficient (Wildman–Crippen LogP) is 3.96. The van der Waals surface area contributed by atoms with Gasteiger partial charge in [0.15, 0.2) is 0 Å². The molecule has 1 aromatic heterocycles. The Hall–Kier alpha value is -0.900. The smallest absolute Gasteiger partial charge is 0.107 e. The highest BCUT2D eigenvalue weighted by Gasteiger charge is 2.01. The molecule has 1 heterocycles. The molecule has 1 N–H and O–H groups in total. The van der Waals surface area contributed by atoms with E-state index in [1.165, 1.54) is 10.4 Å². The summed E-state index contributed by atoms with van der Waals surface area (Å²) in [4.78, 5) is 5.72. The van der Waals surface area contributed by atoms with Crippen molar-refractivity contribution in [3.05, 3.63) is 50.4 Å². The van der Waals surface area contributed by atoms with Crippen LogP contribution in [0.1, 0.15) is 27.9 Å². The van der Waals surface area contributed by atoms with Crippen molar-refractivity contribution in [2.24, 2.45) is 0 Å². The number of benzene rings is 1. The summed E-state index contributed by atoms with van der Waals surface area (Å²) in [5.74, 6) is 0. The molecule has 0 spiro atoms. The lowest BCUT2D eigenvalue weighted by Crippen LogP contribution is -2.12. The lowest BCUT2D eigenvalue weighted by molar-refractivity contribution is 0.690. The molecule has 0 amide bonds. The van der Waals surface area contributed by atoms with Gasteiger partial charge in [0.25, 0.3) is 0 Å². The van der Waals surface area contributed by atoms with Crippen LogP contribution in [0.3, 0.4) is 0 Å². The van der Waals surface area contributed by atoms with Crippen molar-refractivity contribution in [1.82, 2.24) is 10.3 Å². The fraction of sp³-hybridized carbons (Fsp3) is 0.357. The summed E-state index contributed by atoms with van der Waals surface area (Å²) in [7, 11) is 0. The number of hydrogen-bond acceptors (Lipinski definition) is 3. The van der Waals surface area contributed by atoms with E-state index in [1.54, 1.807) is 11.3 Å². The molecule has 0 saturated heterocycles. The zero-order valence-corrected chi connectivity index (χ0v) is 12.2. The molecule has 0 fully saturated rings. The van der Waals surface area contributed by atoms with Gasteiger partial charge in [-0.15, -0.1) is 11.3 Å². The first kappa shape index (κ1) is 13.5. The van der Waals surface area contributed by atoms with Crippen LogP contribution < -0.4 is 5.32 Å². The maximum atomic E-state index is 6.09. The maximum Gasteiger partial charge on any atom is 0.107 e. The zero-order chi connectivity index (χ0) is 13.0. The van der Waals surface area contributed by atoms with E-state index in [2.05, 4.69) is 29.4 Å². The van der Waals surface area contributed by atoms with Gasteiger partial charge in [-0.2, -0.15) is 0 Å². The second kappa shape index (κ2) is 6.32. The van der Waals surface area contributed by atoms with Crippen molar-refractivity contribution < 1.29 is 0 Å². The third-order valence-corrected chi connectivity index (χ3v) is 4.34. The number of hydrogen-bond donors (Lipinski definition) is 1. The number of rotatable bonds is 5. The van der Waals surface area contributed by atoms with Crippen LogP contribution in [-0.4, -0.2) is 4.98 Å². The van der Waals surface area contributed by atoms with Crippen LogP contribution in [-0.2, 0) is 19.5 Å². The minimum Gasteiger partial charge on any atom is -0.306 e. The molecular formula is C14H17ClN2S. The first-order valence-corrected chi connectivity index (χ1v) is 7.28.